The van der Waals surface area contributed by atoms with Crippen molar-refractivity contribution in [2.75, 3.05) is 7.11 Å². The lowest BCUT2D eigenvalue weighted by Crippen LogP contribution is -2.17. The lowest BCUT2D eigenvalue weighted by Gasteiger charge is -2.29. The monoisotopic (exact) mass is 216 g/mol. The molecule has 1 aromatic carbocycles. The number of rotatable bonds is 1. The van der Waals surface area contributed by atoms with Crippen molar-refractivity contribution in [3.8, 4) is 5.75 Å². The van der Waals surface area contributed by atoms with Crippen LogP contribution in [0.1, 0.15) is 44.7 Å². The van der Waals surface area contributed by atoms with E-state index in [1.807, 2.05) is 0 Å². The summed E-state index contributed by atoms with van der Waals surface area (Å²) in [6.07, 6.45) is 2.29. The Morgan fingerprint density at radius 2 is 1.88 bits per heavy atom. The summed E-state index contributed by atoms with van der Waals surface area (Å²) in [5.74, 6) is 1.48. The Labute approximate surface area is 98.1 Å². The molecule has 0 fully saturated rings. The molecule has 1 heteroatoms. The molecule has 0 heterocycles. The SMILES string of the molecule is COc1ccc2c(c1)C=C(C)C2C(C)(C)C. The molecule has 0 spiro atoms. The Morgan fingerprint density at radius 1 is 1.19 bits per heavy atom. The fraction of sp³-hybridized carbons (Fsp3) is 0.467. The third-order valence-electron chi connectivity index (χ3n) is 3.31. The first-order valence-electron chi connectivity index (χ1n) is 5.79. The second kappa shape index (κ2) is 3.65. The zero-order chi connectivity index (χ0) is 11.9. The minimum absolute atomic E-state index is 0.278. The van der Waals surface area contributed by atoms with Crippen molar-refractivity contribution < 1.29 is 4.74 Å². The van der Waals surface area contributed by atoms with Gasteiger partial charge in [-0.15, -0.1) is 0 Å². The van der Waals surface area contributed by atoms with Gasteiger partial charge >= 0.3 is 0 Å². The Bertz CT molecular complexity index is 435. The molecule has 0 N–H and O–H groups in total. The van der Waals surface area contributed by atoms with Crippen LogP contribution < -0.4 is 4.74 Å². The summed E-state index contributed by atoms with van der Waals surface area (Å²) in [6, 6.07) is 6.39. The van der Waals surface area contributed by atoms with Gasteiger partial charge < -0.3 is 4.74 Å². The first-order chi connectivity index (χ1) is 7.43. The number of hydrogen-bond acceptors (Lipinski definition) is 1. The fourth-order valence-electron chi connectivity index (χ4n) is 2.79. The maximum Gasteiger partial charge on any atom is 0.119 e. The quantitative estimate of drug-likeness (QED) is 0.682. The third-order valence-corrected chi connectivity index (χ3v) is 3.31. The number of methoxy groups -OCH3 is 1. The second-order valence-electron chi connectivity index (χ2n) is 5.68. The van der Waals surface area contributed by atoms with Crippen LogP contribution >= 0.6 is 0 Å². The fourth-order valence-corrected chi connectivity index (χ4v) is 2.79. The molecule has 0 bridgehead atoms. The van der Waals surface area contributed by atoms with Gasteiger partial charge in [-0.05, 0) is 35.6 Å². The molecule has 1 nitrogen and oxygen atoms in total. The van der Waals surface area contributed by atoms with Crippen molar-refractivity contribution in [3.63, 3.8) is 0 Å². The summed E-state index contributed by atoms with van der Waals surface area (Å²) in [6.45, 7) is 9.12. The highest BCUT2D eigenvalue weighted by Gasteiger charge is 2.32. The molecule has 2 rings (SSSR count). The van der Waals surface area contributed by atoms with Crippen molar-refractivity contribution >= 4 is 6.08 Å². The van der Waals surface area contributed by atoms with Crippen LogP contribution in [0.3, 0.4) is 0 Å². The van der Waals surface area contributed by atoms with E-state index in [0.29, 0.717) is 5.92 Å². The van der Waals surface area contributed by atoms with Crippen molar-refractivity contribution in [1.29, 1.82) is 0 Å². The minimum atomic E-state index is 0.278. The van der Waals surface area contributed by atoms with Gasteiger partial charge in [-0.25, -0.2) is 0 Å². The molecule has 0 saturated heterocycles. The molecule has 0 aromatic heterocycles. The van der Waals surface area contributed by atoms with Gasteiger partial charge in [0, 0.05) is 5.92 Å². The summed E-state index contributed by atoms with van der Waals surface area (Å²) in [5.41, 5.74) is 4.48. The van der Waals surface area contributed by atoms with Gasteiger partial charge in [-0.1, -0.05) is 38.5 Å². The molecule has 86 valence electrons. The molecule has 1 aliphatic carbocycles. The van der Waals surface area contributed by atoms with E-state index in [2.05, 4.69) is 52.0 Å². The van der Waals surface area contributed by atoms with E-state index < -0.39 is 0 Å². The van der Waals surface area contributed by atoms with E-state index in [-0.39, 0.29) is 5.41 Å². The van der Waals surface area contributed by atoms with Gasteiger partial charge in [0.1, 0.15) is 5.75 Å². The molecule has 1 aliphatic rings. The van der Waals surface area contributed by atoms with Crippen molar-refractivity contribution in [3.05, 3.63) is 34.9 Å². The normalized spacial score (nSPS) is 19.3. The molecule has 16 heavy (non-hydrogen) atoms. The van der Waals surface area contributed by atoms with Crippen LogP contribution in [0.5, 0.6) is 5.75 Å². The van der Waals surface area contributed by atoms with Gasteiger partial charge in [0.2, 0.25) is 0 Å². The zero-order valence-electron chi connectivity index (χ0n) is 10.8. The zero-order valence-corrected chi connectivity index (χ0v) is 10.8. The van der Waals surface area contributed by atoms with Gasteiger partial charge in [0.05, 0.1) is 7.11 Å². The van der Waals surface area contributed by atoms with Gasteiger partial charge in [0.25, 0.3) is 0 Å². The number of allylic oxidation sites excluding steroid dienone is 1. The maximum atomic E-state index is 5.27. The van der Waals surface area contributed by atoms with E-state index in [4.69, 9.17) is 4.74 Å². The van der Waals surface area contributed by atoms with E-state index in [9.17, 15) is 0 Å². The minimum Gasteiger partial charge on any atom is -0.497 e. The number of fused-ring (bicyclic) bond motifs is 1. The Hall–Kier alpha value is -1.24. The Morgan fingerprint density at radius 3 is 2.44 bits per heavy atom. The molecule has 1 unspecified atom stereocenters. The van der Waals surface area contributed by atoms with Crippen molar-refractivity contribution in [2.24, 2.45) is 5.41 Å². The van der Waals surface area contributed by atoms with E-state index in [1.54, 1.807) is 7.11 Å². The first-order valence-corrected chi connectivity index (χ1v) is 5.79. The molecule has 0 radical (unpaired) electrons. The second-order valence-corrected chi connectivity index (χ2v) is 5.68. The molecule has 1 atom stereocenters. The molecule has 0 amide bonds. The molecule has 0 aliphatic heterocycles. The summed E-state index contributed by atoms with van der Waals surface area (Å²) in [7, 11) is 1.72. The number of ether oxygens (including phenoxy) is 1. The van der Waals surface area contributed by atoms with Crippen LogP contribution in [0.15, 0.2) is 23.8 Å². The third kappa shape index (κ3) is 1.75. The highest BCUT2D eigenvalue weighted by molar-refractivity contribution is 5.68. The summed E-state index contributed by atoms with van der Waals surface area (Å²) < 4.78 is 5.27. The lowest BCUT2D eigenvalue weighted by atomic mass is 9.75. The summed E-state index contributed by atoms with van der Waals surface area (Å²) in [4.78, 5) is 0. The first kappa shape index (κ1) is 11.3. The topological polar surface area (TPSA) is 9.23 Å². The van der Waals surface area contributed by atoms with Crippen molar-refractivity contribution in [1.82, 2.24) is 0 Å². The highest BCUT2D eigenvalue weighted by atomic mass is 16.5. The summed E-state index contributed by atoms with van der Waals surface area (Å²) >= 11 is 0. The van der Waals surface area contributed by atoms with Crippen LogP contribution in [-0.4, -0.2) is 7.11 Å². The highest BCUT2D eigenvalue weighted by Crippen LogP contribution is 2.47. The predicted octanol–water partition coefficient (Wildman–Crippen LogP) is 4.24. The molecule has 1 aromatic rings. The van der Waals surface area contributed by atoms with E-state index in [0.717, 1.165) is 5.75 Å². The van der Waals surface area contributed by atoms with E-state index >= 15 is 0 Å². The van der Waals surface area contributed by atoms with Crippen LogP contribution in [-0.2, 0) is 0 Å². The Kier molecular flexibility index (Phi) is 2.57. The molecule has 0 saturated carbocycles. The molecular weight excluding hydrogens is 196 g/mol. The Balaban J connectivity index is 2.49. The van der Waals surface area contributed by atoms with Crippen LogP contribution in [0, 0.1) is 5.41 Å². The van der Waals surface area contributed by atoms with Crippen LogP contribution in [0.2, 0.25) is 0 Å². The smallest absolute Gasteiger partial charge is 0.119 e. The largest absolute Gasteiger partial charge is 0.497 e. The maximum absolute atomic E-state index is 5.27. The van der Waals surface area contributed by atoms with Crippen LogP contribution in [0.25, 0.3) is 6.08 Å². The average molecular weight is 216 g/mol. The molecular formula is C15H20O. The number of benzene rings is 1. The lowest BCUT2D eigenvalue weighted by molar-refractivity contribution is 0.357. The van der Waals surface area contributed by atoms with E-state index in [1.165, 1.54) is 16.7 Å². The van der Waals surface area contributed by atoms with Gasteiger partial charge in [-0.3, -0.25) is 0 Å². The van der Waals surface area contributed by atoms with Gasteiger partial charge in [-0.2, -0.15) is 0 Å². The van der Waals surface area contributed by atoms with Gasteiger partial charge in [0.15, 0.2) is 0 Å². The standard InChI is InChI=1S/C15H20O/c1-10-8-11-9-12(16-5)6-7-13(11)14(10)15(2,3)4/h6-9,14H,1-5H3. The summed E-state index contributed by atoms with van der Waals surface area (Å²) in [5, 5.41) is 0. The predicted molar refractivity (Wildman–Crippen MR) is 68.8 cm³/mol. The average Bonchev–Trinajstić information content (AvgIpc) is 2.51. The van der Waals surface area contributed by atoms with Crippen LogP contribution in [0.4, 0.5) is 0 Å². The van der Waals surface area contributed by atoms with Crippen molar-refractivity contribution in [2.45, 2.75) is 33.6 Å². The number of hydrogen-bond donors (Lipinski definition) is 0.